The SMILES string of the molecule is CCC(C)C=NC(=O)Cc1ccccc1. The number of nitrogens with zero attached hydrogens (tertiary/aromatic N) is 1. The van der Waals surface area contributed by atoms with Crippen LogP contribution in [0.5, 0.6) is 0 Å². The number of carbonyl (C=O) groups is 1. The van der Waals surface area contributed by atoms with Crippen LogP contribution < -0.4 is 0 Å². The molecule has 0 N–H and O–H groups in total. The highest BCUT2D eigenvalue weighted by Gasteiger charge is 2.00. The zero-order valence-electron chi connectivity index (χ0n) is 9.31. The van der Waals surface area contributed by atoms with Gasteiger partial charge in [-0.1, -0.05) is 44.2 Å². The fraction of sp³-hybridized carbons (Fsp3) is 0.385. The van der Waals surface area contributed by atoms with Gasteiger partial charge in [0.1, 0.15) is 0 Å². The quantitative estimate of drug-likeness (QED) is 0.692. The summed E-state index contributed by atoms with van der Waals surface area (Å²) in [5.41, 5.74) is 1.02. The highest BCUT2D eigenvalue weighted by Crippen LogP contribution is 2.01. The van der Waals surface area contributed by atoms with Crippen LogP contribution in [0.25, 0.3) is 0 Å². The topological polar surface area (TPSA) is 29.4 Å². The molecule has 0 spiro atoms. The van der Waals surface area contributed by atoms with E-state index in [0.29, 0.717) is 12.3 Å². The van der Waals surface area contributed by atoms with Gasteiger partial charge >= 0.3 is 0 Å². The Balaban J connectivity index is 2.47. The summed E-state index contributed by atoms with van der Waals surface area (Å²) in [4.78, 5) is 15.4. The summed E-state index contributed by atoms with van der Waals surface area (Å²) in [6, 6.07) is 9.69. The minimum atomic E-state index is -0.0681. The second-order valence-corrected chi connectivity index (χ2v) is 3.72. The minimum Gasteiger partial charge on any atom is -0.272 e. The molecule has 0 radical (unpaired) electrons. The van der Waals surface area contributed by atoms with Crippen molar-refractivity contribution >= 4 is 12.1 Å². The van der Waals surface area contributed by atoms with E-state index in [4.69, 9.17) is 0 Å². The Morgan fingerprint density at radius 3 is 2.67 bits per heavy atom. The average molecular weight is 203 g/mol. The van der Waals surface area contributed by atoms with Crippen molar-refractivity contribution in [3.8, 4) is 0 Å². The molecule has 1 atom stereocenters. The molecule has 0 aliphatic heterocycles. The lowest BCUT2D eigenvalue weighted by Crippen LogP contribution is -2.02. The van der Waals surface area contributed by atoms with Crippen molar-refractivity contribution in [3.05, 3.63) is 35.9 Å². The Bertz CT molecular complexity index is 330. The largest absolute Gasteiger partial charge is 0.272 e. The first kappa shape index (κ1) is 11.6. The number of rotatable bonds is 4. The normalized spacial score (nSPS) is 12.9. The molecule has 0 fully saturated rings. The van der Waals surface area contributed by atoms with Gasteiger partial charge in [0.25, 0.3) is 0 Å². The smallest absolute Gasteiger partial charge is 0.249 e. The molecule has 0 heterocycles. The van der Waals surface area contributed by atoms with Crippen LogP contribution in [-0.2, 0) is 11.2 Å². The lowest BCUT2D eigenvalue weighted by Gasteiger charge is -1.99. The van der Waals surface area contributed by atoms with E-state index in [0.717, 1.165) is 12.0 Å². The third kappa shape index (κ3) is 4.54. The Hall–Kier alpha value is -1.44. The van der Waals surface area contributed by atoms with Gasteiger partial charge in [-0.25, -0.2) is 4.99 Å². The minimum absolute atomic E-state index is 0.0681. The third-order valence-electron chi connectivity index (χ3n) is 2.32. The van der Waals surface area contributed by atoms with E-state index in [1.54, 1.807) is 6.21 Å². The highest BCUT2D eigenvalue weighted by molar-refractivity contribution is 5.86. The third-order valence-corrected chi connectivity index (χ3v) is 2.32. The Labute approximate surface area is 91.0 Å². The van der Waals surface area contributed by atoms with Crippen molar-refractivity contribution in [3.63, 3.8) is 0 Å². The molecule has 0 aliphatic rings. The van der Waals surface area contributed by atoms with Crippen LogP contribution >= 0.6 is 0 Å². The monoisotopic (exact) mass is 203 g/mol. The first-order chi connectivity index (χ1) is 7.22. The summed E-state index contributed by atoms with van der Waals surface area (Å²) >= 11 is 0. The maximum absolute atomic E-state index is 11.4. The van der Waals surface area contributed by atoms with Gasteiger partial charge in [0, 0.05) is 6.21 Å². The van der Waals surface area contributed by atoms with Gasteiger partial charge in [-0.05, 0) is 17.9 Å². The first-order valence-electron chi connectivity index (χ1n) is 5.33. The fourth-order valence-electron chi connectivity index (χ4n) is 1.13. The molecule has 80 valence electrons. The maximum atomic E-state index is 11.4. The Kier molecular flexibility index (Phi) is 4.75. The molecule has 2 nitrogen and oxygen atoms in total. The molecule has 1 unspecified atom stereocenters. The van der Waals surface area contributed by atoms with Crippen LogP contribution in [-0.4, -0.2) is 12.1 Å². The van der Waals surface area contributed by atoms with Crippen molar-refractivity contribution in [2.75, 3.05) is 0 Å². The number of hydrogen-bond donors (Lipinski definition) is 0. The van der Waals surface area contributed by atoms with Crippen molar-refractivity contribution in [2.24, 2.45) is 10.9 Å². The average Bonchev–Trinajstić information content (AvgIpc) is 2.27. The van der Waals surface area contributed by atoms with Crippen LogP contribution in [0.2, 0.25) is 0 Å². The van der Waals surface area contributed by atoms with Gasteiger partial charge in [-0.15, -0.1) is 0 Å². The number of amides is 1. The summed E-state index contributed by atoms with van der Waals surface area (Å²) in [6.07, 6.45) is 3.15. The molecular weight excluding hydrogens is 186 g/mol. The van der Waals surface area contributed by atoms with Gasteiger partial charge in [-0.3, -0.25) is 4.79 Å². The van der Waals surface area contributed by atoms with E-state index in [2.05, 4.69) is 18.8 Å². The Morgan fingerprint density at radius 1 is 1.40 bits per heavy atom. The predicted octanol–water partition coefficient (Wildman–Crippen LogP) is 2.87. The van der Waals surface area contributed by atoms with Gasteiger partial charge in [0.05, 0.1) is 6.42 Å². The first-order valence-corrected chi connectivity index (χ1v) is 5.33. The molecule has 0 aromatic heterocycles. The van der Waals surface area contributed by atoms with Crippen molar-refractivity contribution in [2.45, 2.75) is 26.7 Å². The maximum Gasteiger partial charge on any atom is 0.249 e. The zero-order chi connectivity index (χ0) is 11.1. The summed E-state index contributed by atoms with van der Waals surface area (Å²) in [6.45, 7) is 4.14. The van der Waals surface area contributed by atoms with Crippen molar-refractivity contribution < 1.29 is 4.79 Å². The molecule has 0 bridgehead atoms. The van der Waals surface area contributed by atoms with Crippen LogP contribution in [0.3, 0.4) is 0 Å². The number of aliphatic imine (C=N–C) groups is 1. The summed E-state index contributed by atoms with van der Waals surface area (Å²) < 4.78 is 0. The summed E-state index contributed by atoms with van der Waals surface area (Å²) in [7, 11) is 0. The van der Waals surface area contributed by atoms with Gasteiger partial charge < -0.3 is 0 Å². The van der Waals surface area contributed by atoms with E-state index >= 15 is 0 Å². The van der Waals surface area contributed by atoms with Crippen LogP contribution in [0.15, 0.2) is 35.3 Å². The summed E-state index contributed by atoms with van der Waals surface area (Å²) in [5, 5.41) is 0. The molecule has 2 heteroatoms. The number of benzene rings is 1. The second-order valence-electron chi connectivity index (χ2n) is 3.72. The van der Waals surface area contributed by atoms with Crippen molar-refractivity contribution in [1.82, 2.24) is 0 Å². The lowest BCUT2D eigenvalue weighted by atomic mass is 10.1. The molecular formula is C13H17NO. The number of hydrogen-bond acceptors (Lipinski definition) is 1. The molecule has 1 rings (SSSR count). The van der Waals surface area contributed by atoms with E-state index in [1.165, 1.54) is 0 Å². The molecule has 0 saturated carbocycles. The Morgan fingerprint density at radius 2 is 2.07 bits per heavy atom. The molecule has 0 aliphatic carbocycles. The molecule has 0 saturated heterocycles. The highest BCUT2D eigenvalue weighted by atomic mass is 16.1. The van der Waals surface area contributed by atoms with Crippen LogP contribution in [0.4, 0.5) is 0 Å². The van der Waals surface area contributed by atoms with E-state index in [9.17, 15) is 4.79 Å². The molecule has 1 aromatic rings. The van der Waals surface area contributed by atoms with Gasteiger partial charge in [0.2, 0.25) is 5.91 Å². The standard InChI is InChI=1S/C13H17NO/c1-3-11(2)10-14-13(15)9-12-7-5-4-6-8-12/h4-8,10-11H,3,9H2,1-2H3. The van der Waals surface area contributed by atoms with Crippen LogP contribution in [0, 0.1) is 5.92 Å². The number of carbonyl (C=O) groups excluding carboxylic acids is 1. The predicted molar refractivity (Wildman–Crippen MR) is 63.1 cm³/mol. The van der Waals surface area contributed by atoms with Crippen molar-refractivity contribution in [1.29, 1.82) is 0 Å². The zero-order valence-corrected chi connectivity index (χ0v) is 9.31. The second kappa shape index (κ2) is 6.12. The van der Waals surface area contributed by atoms with Gasteiger partial charge in [0.15, 0.2) is 0 Å². The molecule has 1 aromatic carbocycles. The van der Waals surface area contributed by atoms with E-state index in [-0.39, 0.29) is 5.91 Å². The van der Waals surface area contributed by atoms with Gasteiger partial charge in [-0.2, -0.15) is 0 Å². The molecule has 15 heavy (non-hydrogen) atoms. The molecule has 1 amide bonds. The van der Waals surface area contributed by atoms with E-state index < -0.39 is 0 Å². The van der Waals surface area contributed by atoms with Crippen LogP contribution in [0.1, 0.15) is 25.8 Å². The lowest BCUT2D eigenvalue weighted by molar-refractivity contribution is -0.117. The fourth-order valence-corrected chi connectivity index (χ4v) is 1.13. The summed E-state index contributed by atoms with van der Waals surface area (Å²) in [5.74, 6) is 0.311. The van der Waals surface area contributed by atoms with E-state index in [1.807, 2.05) is 30.3 Å².